The van der Waals surface area contributed by atoms with E-state index in [4.69, 9.17) is 4.42 Å². The predicted molar refractivity (Wildman–Crippen MR) is 77.6 cm³/mol. The zero-order valence-corrected chi connectivity index (χ0v) is 11.8. The van der Waals surface area contributed by atoms with Gasteiger partial charge in [0.2, 0.25) is 0 Å². The minimum Gasteiger partial charge on any atom is -0.441 e. The predicted octanol–water partition coefficient (Wildman–Crippen LogP) is 1.46. The number of nitrogens with one attached hydrogen (secondary N) is 1. The summed E-state index contributed by atoms with van der Waals surface area (Å²) in [4.78, 5) is 6.70. The molecule has 1 unspecified atom stereocenters. The highest BCUT2D eigenvalue weighted by atomic mass is 16.3. The SMILES string of the molecule is Cc1nc2cc(C(O)CCN3CCNCC3)ccc2o1. The van der Waals surface area contributed by atoms with Crippen molar-refractivity contribution in [2.75, 3.05) is 32.7 Å². The summed E-state index contributed by atoms with van der Waals surface area (Å²) in [5, 5.41) is 13.7. The summed E-state index contributed by atoms with van der Waals surface area (Å²) >= 11 is 0. The summed E-state index contributed by atoms with van der Waals surface area (Å²) in [6.07, 6.45) is 0.314. The van der Waals surface area contributed by atoms with E-state index in [-0.39, 0.29) is 0 Å². The fourth-order valence-corrected chi connectivity index (χ4v) is 2.67. The number of aryl methyl sites for hydroxylation is 1. The van der Waals surface area contributed by atoms with Crippen LogP contribution in [0.3, 0.4) is 0 Å². The van der Waals surface area contributed by atoms with Gasteiger partial charge in [0.1, 0.15) is 5.52 Å². The molecule has 2 aromatic rings. The van der Waals surface area contributed by atoms with Gasteiger partial charge in [0, 0.05) is 39.6 Å². The number of nitrogens with zero attached hydrogens (tertiary/aromatic N) is 2. The molecule has 5 heteroatoms. The zero-order chi connectivity index (χ0) is 13.9. The van der Waals surface area contributed by atoms with E-state index in [1.165, 1.54) is 0 Å². The van der Waals surface area contributed by atoms with Crippen molar-refractivity contribution < 1.29 is 9.52 Å². The summed E-state index contributed by atoms with van der Waals surface area (Å²) in [6, 6.07) is 5.74. The minimum absolute atomic E-state index is 0.439. The van der Waals surface area contributed by atoms with Crippen molar-refractivity contribution in [2.24, 2.45) is 0 Å². The first-order valence-electron chi connectivity index (χ1n) is 7.20. The fourth-order valence-electron chi connectivity index (χ4n) is 2.67. The molecule has 1 aromatic carbocycles. The average Bonchev–Trinajstić information content (AvgIpc) is 2.85. The molecule has 0 aliphatic carbocycles. The molecule has 1 aromatic heterocycles. The van der Waals surface area contributed by atoms with Crippen LogP contribution in [0.15, 0.2) is 22.6 Å². The van der Waals surface area contributed by atoms with Crippen LogP contribution in [0, 0.1) is 6.92 Å². The molecule has 20 heavy (non-hydrogen) atoms. The lowest BCUT2D eigenvalue weighted by molar-refractivity contribution is 0.137. The van der Waals surface area contributed by atoms with Crippen LogP contribution < -0.4 is 5.32 Å². The summed E-state index contributed by atoms with van der Waals surface area (Å²) in [5.41, 5.74) is 2.52. The maximum atomic E-state index is 10.3. The van der Waals surface area contributed by atoms with Crippen LogP contribution in [-0.4, -0.2) is 47.7 Å². The normalized spacial score (nSPS) is 18.5. The molecular formula is C15H21N3O2. The van der Waals surface area contributed by atoms with Gasteiger partial charge in [0.05, 0.1) is 6.10 Å². The maximum Gasteiger partial charge on any atom is 0.192 e. The highest BCUT2D eigenvalue weighted by Crippen LogP contribution is 2.23. The Hall–Kier alpha value is -1.43. The number of hydrogen-bond acceptors (Lipinski definition) is 5. The molecule has 0 amide bonds. The van der Waals surface area contributed by atoms with Crippen molar-refractivity contribution in [2.45, 2.75) is 19.4 Å². The van der Waals surface area contributed by atoms with E-state index in [2.05, 4.69) is 15.2 Å². The van der Waals surface area contributed by atoms with Crippen LogP contribution in [0.2, 0.25) is 0 Å². The highest BCUT2D eigenvalue weighted by molar-refractivity contribution is 5.73. The number of benzene rings is 1. The Balaban J connectivity index is 1.63. The van der Waals surface area contributed by atoms with E-state index in [0.29, 0.717) is 5.89 Å². The molecule has 0 bridgehead atoms. The van der Waals surface area contributed by atoms with Crippen LogP contribution in [0.1, 0.15) is 24.0 Å². The van der Waals surface area contributed by atoms with E-state index >= 15 is 0 Å². The van der Waals surface area contributed by atoms with Gasteiger partial charge in [-0.15, -0.1) is 0 Å². The second kappa shape index (κ2) is 5.91. The number of fused-ring (bicyclic) bond motifs is 1. The van der Waals surface area contributed by atoms with Gasteiger partial charge in [-0.1, -0.05) is 6.07 Å². The number of aliphatic hydroxyl groups is 1. The highest BCUT2D eigenvalue weighted by Gasteiger charge is 2.14. The number of piperazine rings is 1. The number of oxazole rings is 1. The van der Waals surface area contributed by atoms with Gasteiger partial charge in [0.15, 0.2) is 11.5 Å². The molecule has 3 rings (SSSR count). The Kier molecular flexibility index (Phi) is 4.00. The molecule has 2 N–H and O–H groups in total. The topological polar surface area (TPSA) is 61.5 Å². The first-order chi connectivity index (χ1) is 9.72. The van der Waals surface area contributed by atoms with Crippen molar-refractivity contribution in [3.8, 4) is 0 Å². The third-order valence-corrected chi connectivity index (χ3v) is 3.83. The third-order valence-electron chi connectivity index (χ3n) is 3.83. The molecule has 2 heterocycles. The average molecular weight is 275 g/mol. The van der Waals surface area contributed by atoms with Gasteiger partial charge in [-0.05, 0) is 24.1 Å². The number of aliphatic hydroxyl groups excluding tert-OH is 1. The van der Waals surface area contributed by atoms with E-state index in [1.54, 1.807) is 0 Å². The Morgan fingerprint density at radius 1 is 1.40 bits per heavy atom. The first kappa shape index (κ1) is 13.5. The molecule has 1 fully saturated rings. The molecule has 1 aliphatic heterocycles. The molecule has 5 nitrogen and oxygen atoms in total. The van der Waals surface area contributed by atoms with E-state index < -0.39 is 6.10 Å². The van der Waals surface area contributed by atoms with E-state index in [1.807, 2.05) is 25.1 Å². The molecule has 0 radical (unpaired) electrons. The quantitative estimate of drug-likeness (QED) is 0.884. The number of aromatic nitrogens is 1. The second-order valence-electron chi connectivity index (χ2n) is 5.36. The molecule has 0 spiro atoms. The van der Waals surface area contributed by atoms with E-state index in [0.717, 1.165) is 55.8 Å². The van der Waals surface area contributed by atoms with Crippen molar-refractivity contribution in [1.29, 1.82) is 0 Å². The molecule has 0 saturated carbocycles. The third kappa shape index (κ3) is 3.00. The van der Waals surface area contributed by atoms with Crippen molar-refractivity contribution in [3.63, 3.8) is 0 Å². The molecule has 108 valence electrons. The molecule has 1 aliphatic rings. The lowest BCUT2D eigenvalue weighted by atomic mass is 10.1. The van der Waals surface area contributed by atoms with Gasteiger partial charge in [-0.25, -0.2) is 4.98 Å². The van der Waals surface area contributed by atoms with Crippen LogP contribution in [-0.2, 0) is 0 Å². The summed E-state index contributed by atoms with van der Waals surface area (Å²) in [5.74, 6) is 0.660. The minimum atomic E-state index is -0.439. The van der Waals surface area contributed by atoms with Crippen LogP contribution in [0.4, 0.5) is 0 Å². The van der Waals surface area contributed by atoms with Crippen LogP contribution in [0.25, 0.3) is 11.1 Å². The first-order valence-corrected chi connectivity index (χ1v) is 7.20. The van der Waals surface area contributed by atoms with Crippen LogP contribution in [0.5, 0.6) is 0 Å². The number of rotatable bonds is 4. The monoisotopic (exact) mass is 275 g/mol. The second-order valence-corrected chi connectivity index (χ2v) is 5.36. The van der Waals surface area contributed by atoms with Gasteiger partial charge in [0.25, 0.3) is 0 Å². The van der Waals surface area contributed by atoms with Crippen molar-refractivity contribution in [3.05, 3.63) is 29.7 Å². The van der Waals surface area contributed by atoms with Crippen molar-refractivity contribution in [1.82, 2.24) is 15.2 Å². The Morgan fingerprint density at radius 2 is 2.20 bits per heavy atom. The summed E-state index contributed by atoms with van der Waals surface area (Å²) in [6.45, 7) is 6.97. The lowest BCUT2D eigenvalue weighted by Gasteiger charge is -2.27. The molecule has 1 atom stereocenters. The Morgan fingerprint density at radius 3 is 3.00 bits per heavy atom. The van der Waals surface area contributed by atoms with Gasteiger partial charge < -0.3 is 19.7 Å². The summed E-state index contributed by atoms with van der Waals surface area (Å²) in [7, 11) is 0. The van der Waals surface area contributed by atoms with Gasteiger partial charge >= 0.3 is 0 Å². The standard InChI is InChI=1S/C15H21N3O2/c1-11-17-13-10-12(2-3-15(13)20-11)14(19)4-7-18-8-5-16-6-9-18/h2-3,10,14,16,19H,4-9H2,1H3. The number of hydrogen-bond donors (Lipinski definition) is 2. The Bertz CT molecular complexity index is 576. The molecule has 1 saturated heterocycles. The Labute approximate surface area is 118 Å². The van der Waals surface area contributed by atoms with Crippen LogP contribution >= 0.6 is 0 Å². The summed E-state index contributed by atoms with van der Waals surface area (Å²) < 4.78 is 5.45. The zero-order valence-electron chi connectivity index (χ0n) is 11.8. The molecular weight excluding hydrogens is 254 g/mol. The lowest BCUT2D eigenvalue weighted by Crippen LogP contribution is -2.44. The maximum absolute atomic E-state index is 10.3. The van der Waals surface area contributed by atoms with Crippen molar-refractivity contribution >= 4 is 11.1 Å². The largest absolute Gasteiger partial charge is 0.441 e. The fraction of sp³-hybridized carbons (Fsp3) is 0.533. The van der Waals surface area contributed by atoms with Gasteiger partial charge in [-0.2, -0.15) is 0 Å². The smallest absolute Gasteiger partial charge is 0.192 e. The van der Waals surface area contributed by atoms with E-state index in [9.17, 15) is 5.11 Å². The van der Waals surface area contributed by atoms with Gasteiger partial charge in [-0.3, -0.25) is 0 Å².